The highest BCUT2D eigenvalue weighted by molar-refractivity contribution is 6.06. The number of carbonyl (C=O) groups excluding carboxylic acids is 1. The minimum absolute atomic E-state index is 0.104. The molecular formula is C21H16F2N4O. The molecule has 140 valence electrons. The Morgan fingerprint density at radius 2 is 1.82 bits per heavy atom. The predicted molar refractivity (Wildman–Crippen MR) is 102 cm³/mol. The highest BCUT2D eigenvalue weighted by atomic mass is 19.1. The molecule has 0 unspecified atom stereocenters. The number of halogens is 2. The van der Waals surface area contributed by atoms with Gasteiger partial charge in [0.15, 0.2) is 5.82 Å². The molecular weight excluding hydrogens is 362 g/mol. The first-order valence-corrected chi connectivity index (χ1v) is 8.58. The lowest BCUT2D eigenvalue weighted by Crippen LogP contribution is -2.16. The van der Waals surface area contributed by atoms with Crippen LogP contribution in [-0.4, -0.2) is 20.3 Å². The van der Waals surface area contributed by atoms with Crippen LogP contribution >= 0.6 is 0 Å². The van der Waals surface area contributed by atoms with Gasteiger partial charge in [-0.2, -0.15) is 5.10 Å². The lowest BCUT2D eigenvalue weighted by molar-refractivity contribution is 0.102. The summed E-state index contributed by atoms with van der Waals surface area (Å²) in [5.74, 6) is -1.60. The van der Waals surface area contributed by atoms with Crippen LogP contribution < -0.4 is 5.32 Å². The molecule has 0 saturated carbocycles. The maximum Gasteiger partial charge on any atom is 0.261 e. The molecule has 28 heavy (non-hydrogen) atoms. The molecule has 2 aromatic carbocycles. The summed E-state index contributed by atoms with van der Waals surface area (Å²) in [4.78, 5) is 12.8. The van der Waals surface area contributed by atoms with Crippen molar-refractivity contribution in [3.8, 4) is 11.5 Å². The molecule has 1 N–H and O–H groups in total. The molecule has 0 bridgehead atoms. The van der Waals surface area contributed by atoms with Crippen molar-refractivity contribution >= 4 is 11.6 Å². The van der Waals surface area contributed by atoms with Crippen molar-refractivity contribution in [3.63, 3.8) is 0 Å². The van der Waals surface area contributed by atoms with E-state index >= 15 is 0 Å². The van der Waals surface area contributed by atoms with Crippen molar-refractivity contribution in [2.75, 3.05) is 5.32 Å². The number of amides is 1. The quantitative estimate of drug-likeness (QED) is 0.568. The fourth-order valence-electron chi connectivity index (χ4n) is 2.96. The second-order valence-electron chi connectivity index (χ2n) is 6.30. The summed E-state index contributed by atoms with van der Waals surface area (Å²) >= 11 is 0. The van der Waals surface area contributed by atoms with Gasteiger partial charge in [0, 0.05) is 18.5 Å². The maximum atomic E-state index is 13.9. The van der Waals surface area contributed by atoms with Crippen LogP contribution in [-0.2, 0) is 0 Å². The van der Waals surface area contributed by atoms with Gasteiger partial charge in [-0.05, 0) is 48.9 Å². The van der Waals surface area contributed by atoms with E-state index in [-0.39, 0.29) is 11.3 Å². The van der Waals surface area contributed by atoms with E-state index in [1.807, 2.05) is 43.3 Å². The number of hydrogen-bond acceptors (Lipinski definition) is 2. The van der Waals surface area contributed by atoms with Gasteiger partial charge in [-0.1, -0.05) is 12.1 Å². The van der Waals surface area contributed by atoms with Crippen LogP contribution in [0.1, 0.15) is 15.9 Å². The number of aryl methyl sites for hydroxylation is 1. The number of nitrogens with one attached hydrogen (secondary N) is 1. The van der Waals surface area contributed by atoms with E-state index in [0.29, 0.717) is 5.82 Å². The zero-order valence-corrected chi connectivity index (χ0v) is 14.9. The van der Waals surface area contributed by atoms with Crippen molar-refractivity contribution < 1.29 is 13.6 Å². The van der Waals surface area contributed by atoms with Gasteiger partial charge >= 0.3 is 0 Å². The zero-order chi connectivity index (χ0) is 19.7. The van der Waals surface area contributed by atoms with Crippen molar-refractivity contribution in [2.45, 2.75) is 6.92 Å². The summed E-state index contributed by atoms with van der Waals surface area (Å²) in [6, 6.07) is 14.3. The lowest BCUT2D eigenvalue weighted by Gasteiger charge is -2.12. The highest BCUT2D eigenvalue weighted by Gasteiger charge is 2.21. The molecule has 0 aliphatic carbocycles. The number of nitrogens with zero attached hydrogens (tertiary/aromatic N) is 3. The molecule has 2 aromatic heterocycles. The first-order valence-electron chi connectivity index (χ1n) is 8.58. The van der Waals surface area contributed by atoms with Gasteiger partial charge in [0.25, 0.3) is 5.91 Å². The first kappa shape index (κ1) is 17.7. The van der Waals surface area contributed by atoms with Crippen molar-refractivity contribution in [1.29, 1.82) is 0 Å². The minimum atomic E-state index is -0.845. The third kappa shape index (κ3) is 3.29. The van der Waals surface area contributed by atoms with Crippen LogP contribution in [0, 0.1) is 18.6 Å². The summed E-state index contributed by atoms with van der Waals surface area (Å²) in [7, 11) is 0. The smallest absolute Gasteiger partial charge is 0.261 e. The van der Waals surface area contributed by atoms with Gasteiger partial charge in [-0.25, -0.2) is 13.5 Å². The number of carbonyl (C=O) groups is 1. The van der Waals surface area contributed by atoms with E-state index in [4.69, 9.17) is 0 Å². The number of anilines is 1. The molecule has 5 nitrogen and oxygen atoms in total. The average Bonchev–Trinajstić information content (AvgIpc) is 3.32. The van der Waals surface area contributed by atoms with Gasteiger partial charge in [0.2, 0.25) is 0 Å². The second-order valence-corrected chi connectivity index (χ2v) is 6.30. The SMILES string of the molecule is Cc1cccc(-n2ncc(C(=O)Nc3ccc(F)cc3F)c2-n2cccc2)c1. The van der Waals surface area contributed by atoms with E-state index in [1.165, 1.54) is 12.3 Å². The molecule has 1 amide bonds. The Morgan fingerprint density at radius 3 is 2.54 bits per heavy atom. The molecule has 0 saturated heterocycles. The summed E-state index contributed by atoms with van der Waals surface area (Å²) in [6.45, 7) is 1.97. The monoisotopic (exact) mass is 378 g/mol. The molecule has 4 aromatic rings. The van der Waals surface area contributed by atoms with Gasteiger partial charge in [-0.15, -0.1) is 0 Å². The van der Waals surface area contributed by atoms with Crippen molar-refractivity contribution in [1.82, 2.24) is 14.3 Å². The molecule has 0 radical (unpaired) electrons. The summed E-state index contributed by atoms with van der Waals surface area (Å²) < 4.78 is 30.4. The Hall–Kier alpha value is -3.74. The van der Waals surface area contributed by atoms with E-state index < -0.39 is 17.5 Å². The Bertz CT molecular complexity index is 1150. The van der Waals surface area contributed by atoms with Gasteiger partial charge in [0.1, 0.15) is 17.2 Å². The summed E-state index contributed by atoms with van der Waals surface area (Å²) in [6.07, 6.45) is 5.01. The Morgan fingerprint density at radius 1 is 1.04 bits per heavy atom. The predicted octanol–water partition coefficient (Wildman–Crippen LogP) is 4.50. The summed E-state index contributed by atoms with van der Waals surface area (Å²) in [5, 5.41) is 6.85. The largest absolute Gasteiger partial charge is 0.319 e. The molecule has 0 aliphatic heterocycles. The van der Waals surface area contributed by atoms with Gasteiger partial charge < -0.3 is 9.88 Å². The van der Waals surface area contributed by atoms with Crippen LogP contribution in [0.3, 0.4) is 0 Å². The third-order valence-corrected chi connectivity index (χ3v) is 4.26. The first-order chi connectivity index (χ1) is 13.5. The normalized spacial score (nSPS) is 10.8. The van der Waals surface area contributed by atoms with Crippen LogP contribution in [0.15, 0.2) is 73.2 Å². The highest BCUT2D eigenvalue weighted by Crippen LogP contribution is 2.23. The summed E-state index contributed by atoms with van der Waals surface area (Å²) in [5.41, 5.74) is 1.98. The second kappa shape index (κ2) is 7.11. The Balaban J connectivity index is 1.78. The zero-order valence-electron chi connectivity index (χ0n) is 14.9. The topological polar surface area (TPSA) is 51.9 Å². The fraction of sp³-hybridized carbons (Fsp3) is 0.0476. The third-order valence-electron chi connectivity index (χ3n) is 4.26. The lowest BCUT2D eigenvalue weighted by atomic mass is 10.2. The molecule has 0 fully saturated rings. The van der Waals surface area contributed by atoms with Crippen LogP contribution in [0.4, 0.5) is 14.5 Å². The van der Waals surface area contributed by atoms with Crippen LogP contribution in [0.25, 0.3) is 11.5 Å². The number of benzene rings is 2. The molecule has 0 spiro atoms. The van der Waals surface area contributed by atoms with E-state index in [0.717, 1.165) is 23.4 Å². The molecule has 2 heterocycles. The molecule has 4 rings (SSSR count). The van der Waals surface area contributed by atoms with Crippen LogP contribution in [0.5, 0.6) is 0 Å². The maximum absolute atomic E-state index is 13.9. The Labute approximate surface area is 159 Å². The number of aromatic nitrogens is 3. The van der Waals surface area contributed by atoms with E-state index in [2.05, 4.69) is 10.4 Å². The minimum Gasteiger partial charge on any atom is -0.319 e. The van der Waals surface area contributed by atoms with Crippen molar-refractivity contribution in [2.24, 2.45) is 0 Å². The van der Waals surface area contributed by atoms with Crippen LogP contribution in [0.2, 0.25) is 0 Å². The van der Waals surface area contributed by atoms with Crippen molar-refractivity contribution in [3.05, 3.63) is 95.9 Å². The average molecular weight is 378 g/mol. The molecule has 7 heteroatoms. The number of hydrogen-bond donors (Lipinski definition) is 1. The fourth-order valence-corrected chi connectivity index (χ4v) is 2.96. The van der Waals surface area contributed by atoms with Gasteiger partial charge in [0.05, 0.1) is 17.6 Å². The van der Waals surface area contributed by atoms with E-state index in [9.17, 15) is 13.6 Å². The molecule has 0 atom stereocenters. The number of rotatable bonds is 4. The van der Waals surface area contributed by atoms with Gasteiger partial charge in [-0.3, -0.25) is 4.79 Å². The standard InChI is InChI=1S/C21H16F2N4O/c1-14-5-4-6-16(11-14)27-21(26-9-2-3-10-26)17(13-24-27)20(28)25-19-8-7-15(22)12-18(19)23/h2-13H,1H3,(H,25,28). The molecule has 0 aliphatic rings. The Kier molecular flexibility index (Phi) is 4.49. The van der Waals surface area contributed by atoms with E-state index in [1.54, 1.807) is 21.6 Å².